The van der Waals surface area contributed by atoms with Gasteiger partial charge in [0.15, 0.2) is 0 Å². The minimum absolute atomic E-state index is 0.366. The van der Waals surface area contributed by atoms with Gasteiger partial charge in [0.1, 0.15) is 5.54 Å². The molecule has 0 spiro atoms. The Bertz CT molecular complexity index is 340. The molecule has 116 valence electrons. The summed E-state index contributed by atoms with van der Waals surface area (Å²) in [6.07, 6.45) is 5.71. The maximum atomic E-state index is 11.3. The van der Waals surface area contributed by atoms with E-state index in [1.807, 2.05) is 0 Å². The van der Waals surface area contributed by atoms with Crippen molar-refractivity contribution in [1.82, 2.24) is 9.80 Å². The van der Waals surface area contributed by atoms with Gasteiger partial charge in [0.05, 0.1) is 0 Å². The summed E-state index contributed by atoms with van der Waals surface area (Å²) in [5.74, 6) is -0.0448. The predicted octanol–water partition coefficient (Wildman–Crippen LogP) is 0.985. The Morgan fingerprint density at radius 1 is 1.35 bits per heavy atom. The van der Waals surface area contributed by atoms with Crippen LogP contribution in [0.1, 0.15) is 38.5 Å². The van der Waals surface area contributed by atoms with E-state index in [1.54, 1.807) is 0 Å². The quantitative estimate of drug-likeness (QED) is 0.805. The molecule has 5 heteroatoms. The number of piperidine rings is 1. The average Bonchev–Trinajstić information content (AvgIpc) is 2.39. The van der Waals surface area contributed by atoms with Crippen LogP contribution in [0, 0.1) is 5.92 Å². The van der Waals surface area contributed by atoms with Gasteiger partial charge >= 0.3 is 5.97 Å². The van der Waals surface area contributed by atoms with Crippen LogP contribution >= 0.6 is 0 Å². The van der Waals surface area contributed by atoms with Gasteiger partial charge in [-0.15, -0.1) is 0 Å². The molecular weight excluding hydrogens is 254 g/mol. The number of likely N-dealkylation sites (tertiary alicyclic amines) is 1. The van der Waals surface area contributed by atoms with Crippen LogP contribution in [-0.2, 0) is 4.79 Å². The summed E-state index contributed by atoms with van der Waals surface area (Å²) in [7, 11) is 4.26. The topological polar surface area (TPSA) is 69.8 Å². The number of nitrogens with two attached hydrogens (primary N) is 1. The van der Waals surface area contributed by atoms with Crippen molar-refractivity contribution in [3.63, 3.8) is 0 Å². The molecule has 0 bridgehead atoms. The van der Waals surface area contributed by atoms with E-state index in [1.165, 1.54) is 12.8 Å². The van der Waals surface area contributed by atoms with Gasteiger partial charge in [-0.25, -0.2) is 0 Å². The van der Waals surface area contributed by atoms with Gasteiger partial charge in [0.25, 0.3) is 0 Å². The molecule has 2 fully saturated rings. The summed E-state index contributed by atoms with van der Waals surface area (Å²) in [5.41, 5.74) is 5.06. The lowest BCUT2D eigenvalue weighted by atomic mass is 9.78. The number of carboxylic acids is 1. The van der Waals surface area contributed by atoms with Gasteiger partial charge in [0.2, 0.25) is 0 Å². The van der Waals surface area contributed by atoms with Gasteiger partial charge in [-0.2, -0.15) is 0 Å². The normalized spacial score (nSPS) is 33.5. The van der Waals surface area contributed by atoms with Crippen molar-refractivity contribution in [2.45, 2.75) is 50.1 Å². The van der Waals surface area contributed by atoms with E-state index >= 15 is 0 Å². The van der Waals surface area contributed by atoms with E-state index in [0.717, 1.165) is 38.4 Å². The zero-order valence-corrected chi connectivity index (χ0v) is 12.8. The van der Waals surface area contributed by atoms with E-state index in [4.69, 9.17) is 5.73 Å². The highest BCUT2D eigenvalue weighted by Gasteiger charge is 2.41. The van der Waals surface area contributed by atoms with E-state index in [2.05, 4.69) is 23.9 Å². The Kier molecular flexibility index (Phi) is 5.04. The van der Waals surface area contributed by atoms with E-state index in [0.29, 0.717) is 18.9 Å². The molecule has 2 unspecified atom stereocenters. The first-order chi connectivity index (χ1) is 9.40. The second kappa shape index (κ2) is 6.41. The van der Waals surface area contributed by atoms with Crippen LogP contribution in [0.4, 0.5) is 0 Å². The van der Waals surface area contributed by atoms with Crippen LogP contribution in [0.25, 0.3) is 0 Å². The molecule has 0 aromatic carbocycles. The van der Waals surface area contributed by atoms with E-state index in [-0.39, 0.29) is 0 Å². The van der Waals surface area contributed by atoms with Crippen molar-refractivity contribution < 1.29 is 9.90 Å². The highest BCUT2D eigenvalue weighted by Crippen LogP contribution is 2.32. The number of aliphatic carboxylic acids is 1. The summed E-state index contributed by atoms with van der Waals surface area (Å²) in [6.45, 7) is 3.35. The fraction of sp³-hybridized carbons (Fsp3) is 0.933. The van der Waals surface area contributed by atoms with Crippen LogP contribution < -0.4 is 5.73 Å². The molecular formula is C15H29N3O2. The Labute approximate surface area is 122 Å². The second-order valence-corrected chi connectivity index (χ2v) is 6.95. The highest BCUT2D eigenvalue weighted by atomic mass is 16.4. The fourth-order valence-electron chi connectivity index (χ4n) is 3.80. The van der Waals surface area contributed by atoms with Gasteiger partial charge in [-0.05, 0) is 71.6 Å². The third-order valence-corrected chi connectivity index (χ3v) is 4.97. The van der Waals surface area contributed by atoms with Gasteiger partial charge < -0.3 is 20.6 Å². The van der Waals surface area contributed by atoms with Crippen molar-refractivity contribution in [2.75, 3.05) is 33.7 Å². The number of carboxylic acid groups (broad SMARTS) is 1. The maximum Gasteiger partial charge on any atom is 0.323 e. The Hall–Kier alpha value is -0.650. The SMILES string of the molecule is CN(C)CC1CCN(C2CCCC(N)(C(=O)O)C2)CC1. The molecule has 20 heavy (non-hydrogen) atoms. The smallest absolute Gasteiger partial charge is 0.323 e. The summed E-state index contributed by atoms with van der Waals surface area (Å²) in [4.78, 5) is 16.1. The minimum atomic E-state index is -0.997. The first-order valence-corrected chi connectivity index (χ1v) is 7.82. The van der Waals surface area contributed by atoms with Crippen LogP contribution in [0.5, 0.6) is 0 Å². The lowest BCUT2D eigenvalue weighted by Gasteiger charge is -2.43. The standard InChI is InChI=1S/C15H29N3O2/c1-17(2)11-12-5-8-18(9-6-12)13-4-3-7-15(16,10-13)14(19)20/h12-13H,3-11,16H2,1-2H3,(H,19,20). The molecule has 2 aliphatic rings. The molecule has 0 aromatic heterocycles. The first-order valence-electron chi connectivity index (χ1n) is 7.82. The van der Waals surface area contributed by atoms with Crippen molar-refractivity contribution in [2.24, 2.45) is 11.7 Å². The minimum Gasteiger partial charge on any atom is -0.480 e. The number of nitrogens with zero attached hydrogens (tertiary/aromatic N) is 2. The number of hydrogen-bond donors (Lipinski definition) is 2. The maximum absolute atomic E-state index is 11.3. The number of carbonyl (C=O) groups is 1. The summed E-state index contributed by atoms with van der Waals surface area (Å²) < 4.78 is 0. The molecule has 1 heterocycles. The molecule has 0 amide bonds. The Balaban J connectivity index is 1.86. The first kappa shape index (κ1) is 15.7. The summed E-state index contributed by atoms with van der Waals surface area (Å²) in [6, 6.07) is 0.366. The molecule has 0 aromatic rings. The van der Waals surface area contributed by atoms with Crippen LogP contribution in [0.15, 0.2) is 0 Å². The van der Waals surface area contributed by atoms with Crippen LogP contribution in [-0.4, -0.2) is 66.2 Å². The molecule has 1 saturated carbocycles. The molecule has 1 saturated heterocycles. The summed E-state index contributed by atoms with van der Waals surface area (Å²) >= 11 is 0. The van der Waals surface area contributed by atoms with Gasteiger partial charge in [0, 0.05) is 12.6 Å². The molecule has 2 rings (SSSR count). The fourth-order valence-corrected chi connectivity index (χ4v) is 3.80. The van der Waals surface area contributed by atoms with Crippen LogP contribution in [0.2, 0.25) is 0 Å². The number of rotatable bonds is 4. The number of hydrogen-bond acceptors (Lipinski definition) is 4. The molecule has 1 aliphatic carbocycles. The second-order valence-electron chi connectivity index (χ2n) is 6.95. The van der Waals surface area contributed by atoms with Crippen molar-refractivity contribution in [3.05, 3.63) is 0 Å². The van der Waals surface area contributed by atoms with Crippen molar-refractivity contribution in [3.8, 4) is 0 Å². The largest absolute Gasteiger partial charge is 0.480 e. The van der Waals surface area contributed by atoms with Gasteiger partial charge in [-0.1, -0.05) is 0 Å². The third-order valence-electron chi connectivity index (χ3n) is 4.97. The zero-order valence-electron chi connectivity index (χ0n) is 12.8. The van der Waals surface area contributed by atoms with E-state index in [9.17, 15) is 9.90 Å². The third kappa shape index (κ3) is 3.71. The Morgan fingerprint density at radius 3 is 2.55 bits per heavy atom. The van der Waals surface area contributed by atoms with Crippen molar-refractivity contribution >= 4 is 5.97 Å². The summed E-state index contributed by atoms with van der Waals surface area (Å²) in [5, 5.41) is 9.31. The Morgan fingerprint density at radius 2 is 2.00 bits per heavy atom. The molecule has 3 N–H and O–H groups in total. The van der Waals surface area contributed by atoms with E-state index < -0.39 is 11.5 Å². The molecule has 0 radical (unpaired) electrons. The van der Waals surface area contributed by atoms with Crippen molar-refractivity contribution in [1.29, 1.82) is 0 Å². The molecule has 1 aliphatic heterocycles. The molecule has 5 nitrogen and oxygen atoms in total. The molecule has 2 atom stereocenters. The lowest BCUT2D eigenvalue weighted by Crippen LogP contribution is -2.56. The van der Waals surface area contributed by atoms with Crippen LogP contribution in [0.3, 0.4) is 0 Å². The average molecular weight is 283 g/mol. The highest BCUT2D eigenvalue weighted by molar-refractivity contribution is 5.78. The lowest BCUT2D eigenvalue weighted by molar-refractivity contribution is -0.145. The monoisotopic (exact) mass is 283 g/mol. The van der Waals surface area contributed by atoms with Gasteiger partial charge in [-0.3, -0.25) is 4.79 Å². The predicted molar refractivity (Wildman–Crippen MR) is 79.7 cm³/mol. The zero-order chi connectivity index (χ0) is 14.8.